The maximum atomic E-state index is 9.78. The molecule has 2 aliphatic heterocycles. The summed E-state index contributed by atoms with van der Waals surface area (Å²) in [4.78, 5) is 0. The molecule has 136 valence electrons. The Kier molecular flexibility index (Phi) is 6.27. The van der Waals surface area contributed by atoms with Crippen molar-refractivity contribution in [3.63, 3.8) is 0 Å². The quantitative estimate of drug-likeness (QED) is 0.243. The lowest BCUT2D eigenvalue weighted by molar-refractivity contribution is -0.325. The van der Waals surface area contributed by atoms with Gasteiger partial charge in [-0.3, -0.25) is 0 Å². The van der Waals surface area contributed by atoms with Crippen LogP contribution in [0.15, 0.2) is 0 Å². The summed E-state index contributed by atoms with van der Waals surface area (Å²) in [7, 11) is 0. The fourth-order valence-corrected chi connectivity index (χ4v) is 2.46. The molecule has 23 heavy (non-hydrogen) atoms. The molecule has 10 atom stereocenters. The van der Waals surface area contributed by atoms with E-state index in [1.54, 1.807) is 0 Å². The van der Waals surface area contributed by atoms with E-state index in [0.29, 0.717) is 0 Å². The molecule has 0 amide bonds. The molecule has 0 aromatic carbocycles. The van der Waals surface area contributed by atoms with Gasteiger partial charge in [-0.05, 0) is 0 Å². The molecule has 2 fully saturated rings. The summed E-state index contributed by atoms with van der Waals surface area (Å²) in [5.74, 6) is 0. The van der Waals surface area contributed by atoms with Gasteiger partial charge < -0.3 is 55.1 Å². The first kappa shape index (κ1) is 18.9. The molecule has 0 aromatic heterocycles. The molecule has 2 aliphatic rings. The molecule has 0 saturated carbocycles. The highest BCUT2D eigenvalue weighted by atomic mass is 16.7. The lowest BCUT2D eigenvalue weighted by Crippen LogP contribution is -2.61. The molecule has 11 nitrogen and oxygen atoms in total. The van der Waals surface area contributed by atoms with Crippen molar-refractivity contribution in [1.82, 2.24) is 0 Å². The molecule has 0 unspecified atom stereocenters. The molecular weight excluding hydrogens is 320 g/mol. The third kappa shape index (κ3) is 3.81. The Bertz CT molecular complexity index is 380. The lowest BCUT2D eigenvalue weighted by atomic mass is 9.98. The molecular formula is C12H22O11. The van der Waals surface area contributed by atoms with Gasteiger partial charge in [-0.1, -0.05) is 0 Å². The van der Waals surface area contributed by atoms with Crippen molar-refractivity contribution in [1.29, 1.82) is 0 Å². The van der Waals surface area contributed by atoms with Gasteiger partial charge in [0, 0.05) is 0 Å². The summed E-state index contributed by atoms with van der Waals surface area (Å²) in [5, 5.41) is 76.1. The van der Waals surface area contributed by atoms with Crippen molar-refractivity contribution >= 4 is 0 Å². The number of rotatable bonds is 4. The third-order valence-corrected chi connectivity index (χ3v) is 3.96. The first-order valence-electron chi connectivity index (χ1n) is 7.07. The van der Waals surface area contributed by atoms with Crippen LogP contribution in [0.3, 0.4) is 0 Å². The average Bonchev–Trinajstić information content (AvgIpc) is 2.54. The number of hydrogen-bond acceptors (Lipinski definition) is 11. The van der Waals surface area contributed by atoms with Crippen LogP contribution in [0.2, 0.25) is 0 Å². The van der Waals surface area contributed by atoms with Gasteiger partial charge in [-0.25, -0.2) is 0 Å². The molecule has 0 bridgehead atoms. The van der Waals surface area contributed by atoms with Crippen LogP contribution in [-0.2, 0) is 14.2 Å². The van der Waals surface area contributed by atoms with Crippen molar-refractivity contribution in [3.05, 3.63) is 0 Å². The van der Waals surface area contributed by atoms with Crippen molar-refractivity contribution in [2.24, 2.45) is 0 Å². The first-order chi connectivity index (χ1) is 10.8. The highest BCUT2D eigenvalue weighted by molar-refractivity contribution is 4.91. The first-order valence-corrected chi connectivity index (χ1v) is 7.07. The number of aliphatic hydroxyl groups is 8. The van der Waals surface area contributed by atoms with E-state index >= 15 is 0 Å². The highest BCUT2D eigenvalue weighted by Crippen LogP contribution is 2.24. The molecule has 0 spiro atoms. The Morgan fingerprint density at radius 3 is 1.83 bits per heavy atom. The van der Waals surface area contributed by atoms with Gasteiger partial charge >= 0.3 is 0 Å². The van der Waals surface area contributed by atoms with Gasteiger partial charge in [0.25, 0.3) is 0 Å². The van der Waals surface area contributed by atoms with Crippen LogP contribution in [0.5, 0.6) is 0 Å². The van der Waals surface area contributed by atoms with Crippen molar-refractivity contribution < 1.29 is 55.1 Å². The van der Waals surface area contributed by atoms with Crippen LogP contribution in [0.4, 0.5) is 0 Å². The third-order valence-electron chi connectivity index (χ3n) is 3.96. The fourth-order valence-electron chi connectivity index (χ4n) is 2.46. The highest BCUT2D eigenvalue weighted by Gasteiger charge is 2.46. The average molecular weight is 342 g/mol. The number of aliphatic hydroxyl groups excluding tert-OH is 8. The zero-order valence-electron chi connectivity index (χ0n) is 12.0. The maximum absolute atomic E-state index is 9.78. The Labute approximate surface area is 130 Å². The molecule has 0 aromatic rings. The smallest absolute Gasteiger partial charge is 0.186 e. The normalized spacial score (nSPS) is 51.7. The topological polar surface area (TPSA) is 190 Å². The SMILES string of the molecule is OC[C@H]1O[C@H](OC[C@H]2O[C@H](O)[C@H](O)[C@@H](O)[C@H]2O)[C@H](O)[C@@H](O)[C@H]1O. The van der Waals surface area contributed by atoms with Crippen LogP contribution >= 0.6 is 0 Å². The summed E-state index contributed by atoms with van der Waals surface area (Å²) < 4.78 is 15.1. The van der Waals surface area contributed by atoms with E-state index in [1.165, 1.54) is 0 Å². The van der Waals surface area contributed by atoms with Gasteiger partial charge in [0.1, 0.15) is 48.8 Å². The van der Waals surface area contributed by atoms with Gasteiger partial charge in [0.05, 0.1) is 13.2 Å². The van der Waals surface area contributed by atoms with Gasteiger partial charge in [-0.15, -0.1) is 0 Å². The monoisotopic (exact) mass is 342 g/mol. The Hall–Kier alpha value is -0.440. The Balaban J connectivity index is 1.94. The number of hydrogen-bond donors (Lipinski definition) is 8. The van der Waals surface area contributed by atoms with Gasteiger partial charge in [0.2, 0.25) is 0 Å². The van der Waals surface area contributed by atoms with E-state index in [9.17, 15) is 35.7 Å². The van der Waals surface area contributed by atoms with E-state index in [2.05, 4.69) is 0 Å². The standard InChI is InChI=1S/C12H22O11/c13-1-3-5(14)8(17)10(19)12(23-3)21-2-4-6(15)7(16)9(18)11(20)22-4/h3-20H,1-2H2/t3-,4-,5+,6+,7+,8+,9-,10-,11+,12+/m1/s1. The fraction of sp³-hybridized carbons (Fsp3) is 1.00. The molecule has 2 saturated heterocycles. The molecule has 8 N–H and O–H groups in total. The second kappa shape index (κ2) is 7.63. The summed E-state index contributed by atoms with van der Waals surface area (Å²) >= 11 is 0. The minimum Gasteiger partial charge on any atom is -0.394 e. The van der Waals surface area contributed by atoms with E-state index in [1.807, 2.05) is 0 Å². The lowest BCUT2D eigenvalue weighted by Gasteiger charge is -2.41. The summed E-state index contributed by atoms with van der Waals surface area (Å²) in [5.41, 5.74) is 0. The van der Waals surface area contributed by atoms with E-state index in [4.69, 9.17) is 19.3 Å². The largest absolute Gasteiger partial charge is 0.394 e. The molecule has 2 heterocycles. The second-order valence-electron chi connectivity index (χ2n) is 5.57. The molecule has 0 radical (unpaired) electrons. The molecule has 0 aliphatic carbocycles. The van der Waals surface area contributed by atoms with Crippen molar-refractivity contribution in [2.75, 3.05) is 13.2 Å². The molecule has 2 rings (SSSR count). The predicted molar refractivity (Wildman–Crippen MR) is 68.6 cm³/mol. The van der Waals surface area contributed by atoms with Gasteiger partial charge in [0.15, 0.2) is 12.6 Å². The zero-order chi connectivity index (χ0) is 17.3. The summed E-state index contributed by atoms with van der Waals surface area (Å²) in [6, 6.07) is 0. The van der Waals surface area contributed by atoms with Crippen molar-refractivity contribution in [3.8, 4) is 0 Å². The van der Waals surface area contributed by atoms with E-state index < -0.39 is 74.6 Å². The number of ether oxygens (including phenoxy) is 3. The summed E-state index contributed by atoms with van der Waals surface area (Å²) in [6.45, 7) is -1.10. The van der Waals surface area contributed by atoms with Crippen LogP contribution in [-0.4, -0.2) is 115 Å². The van der Waals surface area contributed by atoms with Crippen LogP contribution in [0, 0.1) is 0 Å². The zero-order valence-corrected chi connectivity index (χ0v) is 12.0. The predicted octanol–water partition coefficient (Wildman–Crippen LogP) is -5.40. The second-order valence-corrected chi connectivity index (χ2v) is 5.57. The van der Waals surface area contributed by atoms with Crippen LogP contribution in [0.25, 0.3) is 0 Å². The van der Waals surface area contributed by atoms with E-state index in [0.717, 1.165) is 0 Å². The Morgan fingerprint density at radius 1 is 0.652 bits per heavy atom. The molecule has 11 heteroatoms. The van der Waals surface area contributed by atoms with E-state index in [-0.39, 0.29) is 0 Å². The van der Waals surface area contributed by atoms with Crippen molar-refractivity contribution in [2.45, 2.75) is 61.4 Å². The van der Waals surface area contributed by atoms with Crippen LogP contribution in [0.1, 0.15) is 0 Å². The Morgan fingerprint density at radius 2 is 1.22 bits per heavy atom. The van der Waals surface area contributed by atoms with Crippen LogP contribution < -0.4 is 0 Å². The van der Waals surface area contributed by atoms with Gasteiger partial charge in [-0.2, -0.15) is 0 Å². The maximum Gasteiger partial charge on any atom is 0.186 e. The minimum absolute atomic E-state index is 0.468. The minimum atomic E-state index is -1.74. The summed E-state index contributed by atoms with van der Waals surface area (Å²) in [6.07, 6.45) is -15.3.